The number of benzene rings is 2. The highest BCUT2D eigenvalue weighted by molar-refractivity contribution is 5.99. The van der Waals surface area contributed by atoms with Gasteiger partial charge < -0.3 is 19.9 Å². The number of aromatic nitrogens is 1. The average Bonchev–Trinajstić information content (AvgIpc) is 2.85. The highest BCUT2D eigenvalue weighted by atomic mass is 19.1. The fourth-order valence-electron chi connectivity index (χ4n) is 4.10. The number of carbonyl (C=O) groups excluding carboxylic acids is 2. The predicted molar refractivity (Wildman–Crippen MR) is 129 cm³/mol. The number of methoxy groups -OCH3 is 1. The van der Waals surface area contributed by atoms with Crippen molar-refractivity contribution in [1.82, 2.24) is 10.3 Å². The molecule has 0 fully saturated rings. The largest absolute Gasteiger partial charge is 0.493 e. The Kier molecular flexibility index (Phi) is 8.21. The summed E-state index contributed by atoms with van der Waals surface area (Å²) in [6.45, 7) is 4.06. The highest BCUT2D eigenvalue weighted by Crippen LogP contribution is 2.39. The molecule has 10 heteroatoms. The summed E-state index contributed by atoms with van der Waals surface area (Å²) in [4.78, 5) is 41.6. The molecule has 0 bridgehead atoms. The number of hydrogen-bond donors (Lipinski definition) is 2. The average molecular weight is 513 g/mol. The van der Waals surface area contributed by atoms with Gasteiger partial charge in [0, 0.05) is 31.0 Å². The number of pyridine rings is 1. The molecule has 0 aliphatic carbocycles. The SMILES string of the molecule is COc1ccnc(C(=O)N[C@](C)(C(=O)O)[C@@H](C)C(c2ccc(F)cc2)c2ccc(F)cc2)c1OC(C)=O. The monoisotopic (exact) mass is 512 g/mol. The lowest BCUT2D eigenvalue weighted by Crippen LogP contribution is -2.58. The van der Waals surface area contributed by atoms with Gasteiger partial charge in [-0.15, -0.1) is 0 Å². The summed E-state index contributed by atoms with van der Waals surface area (Å²) in [6, 6.07) is 12.4. The van der Waals surface area contributed by atoms with Crippen molar-refractivity contribution < 1.29 is 37.7 Å². The summed E-state index contributed by atoms with van der Waals surface area (Å²) in [5.41, 5.74) is -1.15. The zero-order chi connectivity index (χ0) is 27.3. The van der Waals surface area contributed by atoms with Crippen LogP contribution in [0.1, 0.15) is 48.3 Å². The van der Waals surface area contributed by atoms with E-state index >= 15 is 0 Å². The summed E-state index contributed by atoms with van der Waals surface area (Å²) >= 11 is 0. The number of rotatable bonds is 9. The summed E-state index contributed by atoms with van der Waals surface area (Å²) in [5, 5.41) is 12.8. The Morgan fingerprint density at radius 2 is 1.49 bits per heavy atom. The van der Waals surface area contributed by atoms with Gasteiger partial charge in [0.15, 0.2) is 11.4 Å². The van der Waals surface area contributed by atoms with Crippen molar-refractivity contribution in [2.75, 3.05) is 7.11 Å². The molecule has 0 aliphatic heterocycles. The maximum atomic E-state index is 13.7. The van der Waals surface area contributed by atoms with Gasteiger partial charge in [-0.05, 0) is 42.3 Å². The van der Waals surface area contributed by atoms with E-state index in [-0.39, 0.29) is 17.2 Å². The van der Waals surface area contributed by atoms with Crippen LogP contribution in [0, 0.1) is 17.6 Å². The Morgan fingerprint density at radius 1 is 0.973 bits per heavy atom. The molecular formula is C27H26F2N2O6. The first-order valence-electron chi connectivity index (χ1n) is 11.3. The Morgan fingerprint density at radius 3 is 1.92 bits per heavy atom. The van der Waals surface area contributed by atoms with E-state index in [1.54, 1.807) is 6.92 Å². The minimum Gasteiger partial charge on any atom is -0.493 e. The molecule has 194 valence electrons. The number of halogens is 2. The molecular weight excluding hydrogens is 486 g/mol. The lowest BCUT2D eigenvalue weighted by molar-refractivity contribution is -0.146. The fourth-order valence-corrected chi connectivity index (χ4v) is 4.10. The van der Waals surface area contributed by atoms with Crippen LogP contribution >= 0.6 is 0 Å². The number of hydrogen-bond acceptors (Lipinski definition) is 6. The Balaban J connectivity index is 2.08. The van der Waals surface area contributed by atoms with Gasteiger partial charge in [0.1, 0.15) is 17.2 Å². The summed E-state index contributed by atoms with van der Waals surface area (Å²) < 4.78 is 37.6. The first-order chi connectivity index (χ1) is 17.5. The van der Waals surface area contributed by atoms with E-state index in [9.17, 15) is 28.3 Å². The van der Waals surface area contributed by atoms with Crippen LogP contribution in [-0.4, -0.2) is 40.6 Å². The zero-order valence-corrected chi connectivity index (χ0v) is 20.6. The van der Waals surface area contributed by atoms with Crippen LogP contribution in [0.15, 0.2) is 60.8 Å². The molecule has 0 radical (unpaired) electrons. The lowest BCUT2D eigenvalue weighted by Gasteiger charge is -2.38. The number of ether oxygens (including phenoxy) is 2. The minimum atomic E-state index is -1.91. The van der Waals surface area contributed by atoms with E-state index in [1.807, 2.05) is 0 Å². The second-order valence-corrected chi connectivity index (χ2v) is 8.62. The van der Waals surface area contributed by atoms with E-state index < -0.39 is 46.9 Å². The number of amides is 1. The minimum absolute atomic E-state index is 0.0518. The number of carbonyl (C=O) groups is 3. The van der Waals surface area contributed by atoms with E-state index in [0.29, 0.717) is 11.1 Å². The molecule has 2 atom stereocenters. The second-order valence-electron chi connectivity index (χ2n) is 8.62. The van der Waals surface area contributed by atoms with Crippen molar-refractivity contribution in [2.24, 2.45) is 5.92 Å². The maximum Gasteiger partial charge on any atom is 0.329 e. The smallest absolute Gasteiger partial charge is 0.329 e. The molecule has 1 amide bonds. The van der Waals surface area contributed by atoms with Gasteiger partial charge in [-0.25, -0.2) is 18.6 Å². The molecule has 37 heavy (non-hydrogen) atoms. The fraction of sp³-hybridized carbons (Fsp3) is 0.259. The molecule has 2 N–H and O–H groups in total. The number of esters is 1. The Bertz CT molecular complexity index is 1250. The van der Waals surface area contributed by atoms with Crippen LogP contribution < -0.4 is 14.8 Å². The number of nitrogens with zero attached hydrogens (tertiary/aromatic N) is 1. The second kappa shape index (κ2) is 11.2. The molecule has 0 saturated heterocycles. The molecule has 3 aromatic rings. The normalized spacial score (nSPS) is 13.4. The van der Waals surface area contributed by atoms with Gasteiger partial charge in [0.2, 0.25) is 5.75 Å². The predicted octanol–water partition coefficient (Wildman–Crippen LogP) is 4.34. The zero-order valence-electron chi connectivity index (χ0n) is 20.6. The Labute approximate surface area is 212 Å². The molecule has 2 aromatic carbocycles. The number of nitrogens with one attached hydrogen (secondary N) is 1. The highest BCUT2D eigenvalue weighted by Gasteiger charge is 2.45. The van der Waals surface area contributed by atoms with Crippen LogP contribution in [0.2, 0.25) is 0 Å². The molecule has 0 spiro atoms. The molecule has 0 saturated carbocycles. The van der Waals surface area contributed by atoms with Crippen molar-refractivity contribution in [2.45, 2.75) is 32.2 Å². The standard InChI is InChI=1S/C27H26F2N2O6/c1-15(22(17-5-9-19(28)10-6-17)18-7-11-20(29)12-8-18)27(3,26(34)35)31-25(33)23-24(37-16(2)32)21(36-4)13-14-30-23/h5-15,22H,1-4H3,(H,31,33)(H,34,35)/t15-,27-/m0/s1. The van der Waals surface area contributed by atoms with Gasteiger partial charge in [-0.1, -0.05) is 31.2 Å². The summed E-state index contributed by atoms with van der Waals surface area (Å²) in [6.07, 6.45) is 1.25. The van der Waals surface area contributed by atoms with Gasteiger partial charge in [-0.3, -0.25) is 9.59 Å². The molecule has 1 aromatic heterocycles. The van der Waals surface area contributed by atoms with Crippen molar-refractivity contribution >= 4 is 17.8 Å². The third kappa shape index (κ3) is 5.91. The third-order valence-electron chi connectivity index (χ3n) is 6.24. The van der Waals surface area contributed by atoms with E-state index in [1.165, 1.54) is 74.8 Å². The molecule has 3 rings (SSSR count). The van der Waals surface area contributed by atoms with Gasteiger partial charge >= 0.3 is 11.9 Å². The first-order valence-corrected chi connectivity index (χ1v) is 11.3. The van der Waals surface area contributed by atoms with E-state index in [4.69, 9.17) is 9.47 Å². The molecule has 0 aliphatic rings. The third-order valence-corrected chi connectivity index (χ3v) is 6.24. The first kappa shape index (κ1) is 27.3. The van der Waals surface area contributed by atoms with Crippen LogP contribution in [0.4, 0.5) is 8.78 Å². The van der Waals surface area contributed by atoms with Crippen LogP contribution in [0.3, 0.4) is 0 Å². The topological polar surface area (TPSA) is 115 Å². The molecule has 0 unspecified atom stereocenters. The van der Waals surface area contributed by atoms with Crippen molar-refractivity contribution in [3.05, 3.63) is 89.2 Å². The van der Waals surface area contributed by atoms with Crippen molar-refractivity contribution in [1.29, 1.82) is 0 Å². The number of carboxylic acids is 1. The number of aliphatic carboxylic acids is 1. The van der Waals surface area contributed by atoms with Crippen molar-refractivity contribution in [3.8, 4) is 11.5 Å². The van der Waals surface area contributed by atoms with Crippen LogP contribution in [0.5, 0.6) is 11.5 Å². The summed E-state index contributed by atoms with van der Waals surface area (Å²) in [7, 11) is 1.31. The van der Waals surface area contributed by atoms with E-state index in [0.717, 1.165) is 6.92 Å². The van der Waals surface area contributed by atoms with Gasteiger partial charge in [0.05, 0.1) is 7.11 Å². The van der Waals surface area contributed by atoms with E-state index in [2.05, 4.69) is 10.3 Å². The summed E-state index contributed by atoms with van der Waals surface area (Å²) in [5.74, 6) is -5.73. The lowest BCUT2D eigenvalue weighted by atomic mass is 9.71. The van der Waals surface area contributed by atoms with Crippen LogP contribution in [0.25, 0.3) is 0 Å². The van der Waals surface area contributed by atoms with Crippen molar-refractivity contribution in [3.63, 3.8) is 0 Å². The Hall–Kier alpha value is -4.34. The number of carboxylic acid groups (broad SMARTS) is 1. The quantitative estimate of drug-likeness (QED) is 0.410. The van der Waals surface area contributed by atoms with Gasteiger partial charge in [0.25, 0.3) is 5.91 Å². The molecule has 8 nitrogen and oxygen atoms in total. The van der Waals surface area contributed by atoms with Gasteiger partial charge in [-0.2, -0.15) is 0 Å². The van der Waals surface area contributed by atoms with Crippen LogP contribution in [-0.2, 0) is 9.59 Å². The maximum absolute atomic E-state index is 13.7. The molecule has 1 heterocycles.